The Balaban J connectivity index is 2.23. The third-order valence-corrected chi connectivity index (χ3v) is 5.37. The summed E-state index contributed by atoms with van der Waals surface area (Å²) < 4.78 is 23.8. The fourth-order valence-corrected chi connectivity index (χ4v) is 4.28. The van der Waals surface area contributed by atoms with Gasteiger partial charge in [0, 0.05) is 17.6 Å². The van der Waals surface area contributed by atoms with E-state index in [9.17, 15) is 8.42 Å². The molecule has 0 aliphatic carbocycles. The molecule has 0 saturated carbocycles. The van der Waals surface area contributed by atoms with Gasteiger partial charge in [-0.05, 0) is 24.6 Å². The number of rotatable bonds is 2. The Morgan fingerprint density at radius 1 is 1.47 bits per heavy atom. The predicted molar refractivity (Wildman–Crippen MR) is 74.0 cm³/mol. The van der Waals surface area contributed by atoms with E-state index in [2.05, 4.69) is 15.9 Å². The van der Waals surface area contributed by atoms with E-state index in [1.807, 2.05) is 30.1 Å². The average molecular weight is 319 g/mol. The lowest BCUT2D eigenvalue weighted by molar-refractivity contribution is 0.601. The summed E-state index contributed by atoms with van der Waals surface area (Å²) in [7, 11) is -0.967. The number of nitrogens with zero attached hydrogens (tertiary/aromatic N) is 1. The highest BCUT2D eigenvalue weighted by atomic mass is 79.9. The molecule has 1 aromatic rings. The lowest BCUT2D eigenvalue weighted by Crippen LogP contribution is -2.33. The minimum Gasteiger partial charge on any atom is -0.397 e. The first-order valence-corrected chi connectivity index (χ1v) is 7.99. The fraction of sp³-hybridized carbons (Fsp3) is 0.455. The summed E-state index contributed by atoms with van der Waals surface area (Å²) in [4.78, 5) is 1.96. The molecule has 1 aromatic carbocycles. The van der Waals surface area contributed by atoms with Gasteiger partial charge < -0.3 is 10.6 Å². The van der Waals surface area contributed by atoms with Crippen LogP contribution in [-0.4, -0.2) is 33.0 Å². The Kier molecular flexibility index (Phi) is 3.36. The SMILES string of the molecule is CN(c1ccc(Br)cc1N)C1CCS(=O)(=O)C1. The van der Waals surface area contributed by atoms with Crippen molar-refractivity contribution in [1.82, 2.24) is 0 Å². The van der Waals surface area contributed by atoms with Crippen LogP contribution in [0.4, 0.5) is 11.4 Å². The van der Waals surface area contributed by atoms with Crippen LogP contribution in [0.25, 0.3) is 0 Å². The third-order valence-electron chi connectivity index (χ3n) is 3.13. The lowest BCUT2D eigenvalue weighted by Gasteiger charge is -2.27. The summed E-state index contributed by atoms with van der Waals surface area (Å²) in [5.74, 6) is 0.497. The highest BCUT2D eigenvalue weighted by Gasteiger charge is 2.31. The van der Waals surface area contributed by atoms with E-state index in [0.29, 0.717) is 12.1 Å². The van der Waals surface area contributed by atoms with Crippen LogP contribution in [0.3, 0.4) is 0 Å². The number of hydrogen-bond donors (Lipinski definition) is 1. The maximum Gasteiger partial charge on any atom is 0.152 e. The van der Waals surface area contributed by atoms with Gasteiger partial charge in [0.15, 0.2) is 9.84 Å². The normalized spacial score (nSPS) is 22.6. The molecule has 2 rings (SSSR count). The summed E-state index contributed by atoms with van der Waals surface area (Å²) in [5, 5.41) is 0. The highest BCUT2D eigenvalue weighted by Crippen LogP contribution is 2.29. The summed E-state index contributed by atoms with van der Waals surface area (Å²) in [6.45, 7) is 0. The summed E-state index contributed by atoms with van der Waals surface area (Å²) in [6.07, 6.45) is 0.675. The Morgan fingerprint density at radius 3 is 2.71 bits per heavy atom. The smallest absolute Gasteiger partial charge is 0.152 e. The van der Waals surface area contributed by atoms with Crippen molar-refractivity contribution in [1.29, 1.82) is 0 Å². The van der Waals surface area contributed by atoms with Gasteiger partial charge in [-0.1, -0.05) is 15.9 Å². The minimum atomic E-state index is -2.86. The molecule has 1 unspecified atom stereocenters. The standard InChI is InChI=1S/C11H15BrN2O2S/c1-14(9-4-5-17(15,16)7-9)11-3-2-8(12)6-10(11)13/h2-3,6,9H,4-5,7,13H2,1H3. The van der Waals surface area contributed by atoms with Crippen LogP contribution in [-0.2, 0) is 9.84 Å². The van der Waals surface area contributed by atoms with Crippen molar-refractivity contribution in [2.45, 2.75) is 12.5 Å². The number of halogens is 1. The number of hydrogen-bond acceptors (Lipinski definition) is 4. The van der Waals surface area contributed by atoms with E-state index in [0.717, 1.165) is 10.2 Å². The molecule has 4 nitrogen and oxygen atoms in total. The molecule has 0 radical (unpaired) electrons. The zero-order chi connectivity index (χ0) is 12.6. The van der Waals surface area contributed by atoms with E-state index >= 15 is 0 Å². The molecule has 1 heterocycles. The van der Waals surface area contributed by atoms with Gasteiger partial charge in [-0.15, -0.1) is 0 Å². The average Bonchev–Trinajstić information content (AvgIpc) is 2.58. The van der Waals surface area contributed by atoms with E-state index < -0.39 is 9.84 Å². The van der Waals surface area contributed by atoms with Crippen molar-refractivity contribution in [2.75, 3.05) is 29.2 Å². The maximum atomic E-state index is 11.5. The van der Waals surface area contributed by atoms with E-state index in [1.165, 1.54) is 0 Å². The Bertz CT molecular complexity index is 530. The second-order valence-corrected chi connectivity index (χ2v) is 7.52. The summed E-state index contributed by atoms with van der Waals surface area (Å²) in [6, 6.07) is 5.68. The van der Waals surface area contributed by atoms with Crippen LogP contribution in [0.1, 0.15) is 6.42 Å². The first kappa shape index (κ1) is 12.7. The molecule has 1 aliphatic heterocycles. The molecule has 2 N–H and O–H groups in total. The van der Waals surface area contributed by atoms with Gasteiger partial charge in [0.25, 0.3) is 0 Å². The molecular weight excluding hydrogens is 304 g/mol. The zero-order valence-electron chi connectivity index (χ0n) is 9.56. The van der Waals surface area contributed by atoms with Crippen LogP contribution in [0, 0.1) is 0 Å². The van der Waals surface area contributed by atoms with Crippen molar-refractivity contribution in [3.8, 4) is 0 Å². The van der Waals surface area contributed by atoms with Crippen LogP contribution < -0.4 is 10.6 Å². The summed E-state index contributed by atoms with van der Waals surface area (Å²) in [5.41, 5.74) is 7.48. The first-order valence-electron chi connectivity index (χ1n) is 5.37. The van der Waals surface area contributed by atoms with E-state index in [4.69, 9.17) is 5.73 Å². The summed E-state index contributed by atoms with van der Waals surface area (Å²) >= 11 is 3.35. The van der Waals surface area contributed by atoms with Crippen molar-refractivity contribution in [3.05, 3.63) is 22.7 Å². The number of anilines is 2. The quantitative estimate of drug-likeness (QED) is 0.842. The second kappa shape index (κ2) is 4.49. The maximum absolute atomic E-state index is 11.5. The Morgan fingerprint density at radius 2 is 2.18 bits per heavy atom. The number of sulfone groups is 1. The molecule has 17 heavy (non-hydrogen) atoms. The number of benzene rings is 1. The molecule has 0 aromatic heterocycles. The van der Waals surface area contributed by atoms with Gasteiger partial charge in [0.2, 0.25) is 0 Å². The van der Waals surface area contributed by atoms with Crippen LogP contribution in [0.2, 0.25) is 0 Å². The molecule has 1 fully saturated rings. The lowest BCUT2D eigenvalue weighted by atomic mass is 10.2. The van der Waals surface area contributed by atoms with E-state index in [-0.39, 0.29) is 17.5 Å². The number of nitrogens with two attached hydrogens (primary N) is 1. The molecule has 0 spiro atoms. The second-order valence-electron chi connectivity index (χ2n) is 4.37. The first-order chi connectivity index (χ1) is 7.89. The fourth-order valence-electron chi connectivity index (χ4n) is 2.12. The van der Waals surface area contributed by atoms with Crippen molar-refractivity contribution < 1.29 is 8.42 Å². The monoisotopic (exact) mass is 318 g/mol. The molecule has 1 saturated heterocycles. The Labute approximate surface area is 110 Å². The third kappa shape index (κ3) is 2.74. The number of nitrogen functional groups attached to an aromatic ring is 1. The largest absolute Gasteiger partial charge is 0.397 e. The topological polar surface area (TPSA) is 63.4 Å². The molecule has 1 atom stereocenters. The van der Waals surface area contributed by atoms with Crippen LogP contribution in [0.5, 0.6) is 0 Å². The van der Waals surface area contributed by atoms with Gasteiger partial charge in [-0.2, -0.15) is 0 Å². The van der Waals surface area contributed by atoms with Gasteiger partial charge in [0.1, 0.15) is 0 Å². The Hall–Kier alpha value is -0.750. The van der Waals surface area contributed by atoms with Crippen molar-refractivity contribution >= 4 is 37.1 Å². The minimum absolute atomic E-state index is 0.0310. The molecule has 1 aliphatic rings. The van der Waals surface area contributed by atoms with Gasteiger partial charge >= 0.3 is 0 Å². The van der Waals surface area contributed by atoms with Crippen LogP contribution >= 0.6 is 15.9 Å². The predicted octanol–water partition coefficient (Wildman–Crippen LogP) is 1.65. The highest BCUT2D eigenvalue weighted by molar-refractivity contribution is 9.10. The van der Waals surface area contributed by atoms with Gasteiger partial charge in [0.05, 0.1) is 22.9 Å². The van der Waals surface area contributed by atoms with E-state index in [1.54, 1.807) is 0 Å². The molecule has 94 valence electrons. The van der Waals surface area contributed by atoms with Gasteiger partial charge in [-0.3, -0.25) is 0 Å². The van der Waals surface area contributed by atoms with Crippen molar-refractivity contribution in [2.24, 2.45) is 0 Å². The van der Waals surface area contributed by atoms with Crippen LogP contribution in [0.15, 0.2) is 22.7 Å². The van der Waals surface area contributed by atoms with Crippen molar-refractivity contribution in [3.63, 3.8) is 0 Å². The molecule has 0 bridgehead atoms. The molecule has 6 heteroatoms. The molecular formula is C11H15BrN2O2S. The van der Waals surface area contributed by atoms with Gasteiger partial charge in [-0.25, -0.2) is 8.42 Å². The molecule has 0 amide bonds. The zero-order valence-corrected chi connectivity index (χ0v) is 12.0.